The standard InChI is InChI=1S/C12H16N2O3S/c15-11-9(3-1-2-5-13-11)14-7-8-4-6-18-10(8)12(16)17/h4,6,9,14H,1-3,5,7H2,(H,13,15)(H,16,17). The number of rotatable bonds is 4. The van der Waals surface area contributed by atoms with Gasteiger partial charge in [-0.25, -0.2) is 4.79 Å². The summed E-state index contributed by atoms with van der Waals surface area (Å²) in [4.78, 5) is 23.0. The molecule has 0 bridgehead atoms. The summed E-state index contributed by atoms with van der Waals surface area (Å²) in [5.74, 6) is -0.897. The lowest BCUT2D eigenvalue weighted by Crippen LogP contribution is -2.42. The van der Waals surface area contributed by atoms with Crippen molar-refractivity contribution in [1.29, 1.82) is 0 Å². The van der Waals surface area contributed by atoms with Crippen LogP contribution >= 0.6 is 11.3 Å². The number of carbonyl (C=O) groups excluding carboxylic acids is 1. The molecule has 2 heterocycles. The first-order valence-electron chi connectivity index (χ1n) is 5.99. The van der Waals surface area contributed by atoms with Crippen LogP contribution in [0.1, 0.15) is 34.5 Å². The van der Waals surface area contributed by atoms with Crippen molar-refractivity contribution in [2.45, 2.75) is 31.8 Å². The van der Waals surface area contributed by atoms with Crippen molar-refractivity contribution in [3.63, 3.8) is 0 Å². The summed E-state index contributed by atoms with van der Waals surface area (Å²) < 4.78 is 0. The molecule has 1 aromatic rings. The molecule has 1 aromatic heterocycles. The van der Waals surface area contributed by atoms with E-state index in [4.69, 9.17) is 5.11 Å². The number of carboxylic acids is 1. The summed E-state index contributed by atoms with van der Waals surface area (Å²) in [7, 11) is 0. The van der Waals surface area contributed by atoms with Gasteiger partial charge < -0.3 is 15.7 Å². The van der Waals surface area contributed by atoms with E-state index in [1.165, 1.54) is 11.3 Å². The number of amides is 1. The van der Waals surface area contributed by atoms with Gasteiger partial charge >= 0.3 is 5.97 Å². The highest BCUT2D eigenvalue weighted by Gasteiger charge is 2.20. The second kappa shape index (κ2) is 5.97. The molecule has 1 amide bonds. The van der Waals surface area contributed by atoms with Crippen molar-refractivity contribution >= 4 is 23.2 Å². The lowest BCUT2D eigenvalue weighted by Gasteiger charge is -2.14. The van der Waals surface area contributed by atoms with Crippen LogP contribution < -0.4 is 10.6 Å². The molecule has 1 atom stereocenters. The Morgan fingerprint density at radius 2 is 2.39 bits per heavy atom. The molecular formula is C12H16N2O3S. The summed E-state index contributed by atoms with van der Waals surface area (Å²) in [6.45, 7) is 1.15. The van der Waals surface area contributed by atoms with E-state index in [9.17, 15) is 9.59 Å². The van der Waals surface area contributed by atoms with E-state index in [1.54, 1.807) is 11.4 Å². The molecule has 1 saturated heterocycles. The summed E-state index contributed by atoms with van der Waals surface area (Å²) in [5, 5.41) is 16.7. The van der Waals surface area contributed by atoms with Gasteiger partial charge in [0.1, 0.15) is 4.88 Å². The summed E-state index contributed by atoms with van der Waals surface area (Å²) in [5.41, 5.74) is 0.740. The maximum Gasteiger partial charge on any atom is 0.346 e. The predicted octanol–water partition coefficient (Wildman–Crippen LogP) is 1.20. The highest BCUT2D eigenvalue weighted by molar-refractivity contribution is 7.12. The molecule has 0 aromatic carbocycles. The number of nitrogens with one attached hydrogen (secondary N) is 2. The zero-order valence-corrected chi connectivity index (χ0v) is 10.8. The normalized spacial score (nSPS) is 20.2. The van der Waals surface area contributed by atoms with Crippen molar-refractivity contribution in [2.24, 2.45) is 0 Å². The quantitative estimate of drug-likeness (QED) is 0.767. The van der Waals surface area contributed by atoms with Crippen LogP contribution in [0.15, 0.2) is 11.4 Å². The van der Waals surface area contributed by atoms with Gasteiger partial charge in [-0.1, -0.05) is 0 Å². The maximum absolute atomic E-state index is 11.7. The van der Waals surface area contributed by atoms with Crippen molar-refractivity contribution in [1.82, 2.24) is 10.6 Å². The molecular weight excluding hydrogens is 252 g/mol. The van der Waals surface area contributed by atoms with Gasteiger partial charge in [-0.2, -0.15) is 0 Å². The van der Waals surface area contributed by atoms with Crippen LogP contribution in [0.2, 0.25) is 0 Å². The Bertz CT molecular complexity index is 444. The zero-order chi connectivity index (χ0) is 13.0. The van der Waals surface area contributed by atoms with Crippen LogP contribution in [-0.4, -0.2) is 29.6 Å². The molecule has 3 N–H and O–H groups in total. The average Bonchev–Trinajstić information content (AvgIpc) is 2.71. The Morgan fingerprint density at radius 1 is 1.56 bits per heavy atom. The van der Waals surface area contributed by atoms with Gasteiger partial charge in [0.2, 0.25) is 5.91 Å². The van der Waals surface area contributed by atoms with Crippen LogP contribution in [0, 0.1) is 0 Å². The fraction of sp³-hybridized carbons (Fsp3) is 0.500. The first-order valence-corrected chi connectivity index (χ1v) is 6.87. The van der Waals surface area contributed by atoms with Crippen LogP contribution in [0.5, 0.6) is 0 Å². The average molecular weight is 268 g/mol. The van der Waals surface area contributed by atoms with E-state index in [2.05, 4.69) is 10.6 Å². The van der Waals surface area contributed by atoms with Crippen molar-refractivity contribution in [3.8, 4) is 0 Å². The second-order valence-electron chi connectivity index (χ2n) is 4.30. The van der Waals surface area contributed by atoms with Gasteiger partial charge in [-0.3, -0.25) is 4.79 Å². The van der Waals surface area contributed by atoms with Crippen LogP contribution in [-0.2, 0) is 11.3 Å². The van der Waals surface area contributed by atoms with Gasteiger partial charge in [-0.15, -0.1) is 11.3 Å². The molecule has 98 valence electrons. The predicted molar refractivity (Wildman–Crippen MR) is 68.8 cm³/mol. The maximum atomic E-state index is 11.7. The molecule has 1 fully saturated rings. The van der Waals surface area contributed by atoms with Gasteiger partial charge in [-0.05, 0) is 36.3 Å². The fourth-order valence-electron chi connectivity index (χ4n) is 2.03. The smallest absolute Gasteiger partial charge is 0.346 e. The van der Waals surface area contributed by atoms with Crippen LogP contribution in [0.4, 0.5) is 0 Å². The molecule has 0 radical (unpaired) electrons. The summed E-state index contributed by atoms with van der Waals surface area (Å²) in [6, 6.07) is 1.57. The number of thiophene rings is 1. The minimum Gasteiger partial charge on any atom is -0.477 e. The Morgan fingerprint density at radius 3 is 3.17 bits per heavy atom. The number of carbonyl (C=O) groups is 2. The van der Waals surface area contributed by atoms with Gasteiger partial charge in [0.15, 0.2) is 0 Å². The second-order valence-corrected chi connectivity index (χ2v) is 5.22. The van der Waals surface area contributed by atoms with E-state index in [-0.39, 0.29) is 11.9 Å². The number of aromatic carboxylic acids is 1. The third kappa shape index (κ3) is 3.08. The van der Waals surface area contributed by atoms with Gasteiger partial charge in [0.25, 0.3) is 0 Å². The molecule has 0 aliphatic carbocycles. The highest BCUT2D eigenvalue weighted by atomic mass is 32.1. The van der Waals surface area contributed by atoms with Crippen molar-refractivity contribution in [2.75, 3.05) is 6.54 Å². The number of carboxylic acid groups (broad SMARTS) is 1. The van der Waals surface area contributed by atoms with Crippen LogP contribution in [0.25, 0.3) is 0 Å². The Labute approximate surface area is 109 Å². The minimum absolute atomic E-state index is 0.0135. The van der Waals surface area contributed by atoms with Gasteiger partial charge in [0, 0.05) is 13.1 Å². The number of hydrogen-bond donors (Lipinski definition) is 3. The van der Waals surface area contributed by atoms with E-state index < -0.39 is 5.97 Å². The molecule has 5 nitrogen and oxygen atoms in total. The third-order valence-electron chi connectivity index (χ3n) is 3.02. The lowest BCUT2D eigenvalue weighted by atomic mass is 10.1. The third-order valence-corrected chi connectivity index (χ3v) is 3.96. The molecule has 1 aliphatic rings. The van der Waals surface area contributed by atoms with E-state index in [0.29, 0.717) is 11.4 Å². The largest absolute Gasteiger partial charge is 0.477 e. The van der Waals surface area contributed by atoms with Crippen molar-refractivity contribution < 1.29 is 14.7 Å². The Kier molecular flexibility index (Phi) is 4.33. The molecule has 1 aliphatic heterocycles. The molecule has 18 heavy (non-hydrogen) atoms. The summed E-state index contributed by atoms with van der Waals surface area (Å²) in [6.07, 6.45) is 2.81. The zero-order valence-electron chi connectivity index (χ0n) is 9.94. The first kappa shape index (κ1) is 13.0. The molecule has 1 unspecified atom stereocenters. The number of hydrogen-bond acceptors (Lipinski definition) is 4. The molecule has 0 spiro atoms. The minimum atomic E-state index is -0.910. The monoisotopic (exact) mass is 268 g/mol. The highest BCUT2D eigenvalue weighted by Crippen LogP contribution is 2.17. The molecule has 2 rings (SSSR count). The van der Waals surface area contributed by atoms with E-state index in [0.717, 1.165) is 31.4 Å². The molecule has 6 heteroatoms. The summed E-state index contributed by atoms with van der Waals surface area (Å²) >= 11 is 1.21. The lowest BCUT2D eigenvalue weighted by molar-refractivity contribution is -0.122. The van der Waals surface area contributed by atoms with Crippen LogP contribution in [0.3, 0.4) is 0 Å². The van der Waals surface area contributed by atoms with Crippen molar-refractivity contribution in [3.05, 3.63) is 21.9 Å². The van der Waals surface area contributed by atoms with E-state index in [1.807, 2.05) is 0 Å². The Balaban J connectivity index is 1.95. The first-order chi connectivity index (χ1) is 8.68. The topological polar surface area (TPSA) is 78.4 Å². The van der Waals surface area contributed by atoms with Gasteiger partial charge in [0.05, 0.1) is 6.04 Å². The SMILES string of the molecule is O=C(O)c1sccc1CNC1CCCCNC1=O. The van der Waals surface area contributed by atoms with E-state index >= 15 is 0 Å². The fourth-order valence-corrected chi connectivity index (χ4v) is 2.79. The Hall–Kier alpha value is -1.40. The molecule has 0 saturated carbocycles.